The van der Waals surface area contributed by atoms with Crippen molar-refractivity contribution in [2.24, 2.45) is 0 Å². The summed E-state index contributed by atoms with van der Waals surface area (Å²) in [7, 11) is 0. The van der Waals surface area contributed by atoms with Crippen molar-refractivity contribution in [2.75, 3.05) is 0 Å². The summed E-state index contributed by atoms with van der Waals surface area (Å²) in [6.07, 6.45) is -13.4. The second kappa shape index (κ2) is 6.71. The van der Waals surface area contributed by atoms with Gasteiger partial charge in [0.2, 0.25) is 29.1 Å². The summed E-state index contributed by atoms with van der Waals surface area (Å²) in [4.78, 5) is 5.53. The first-order valence-electron chi connectivity index (χ1n) is 5.55. The molecular weight excluding hydrogens is 409 g/mol. The van der Waals surface area contributed by atoms with Crippen molar-refractivity contribution >= 4 is 0 Å². The molecule has 146 valence electrons. The third-order valence-electron chi connectivity index (χ3n) is 2.33. The molecule has 0 saturated carbocycles. The lowest BCUT2D eigenvalue weighted by Gasteiger charge is -2.18. The fourth-order valence-corrected chi connectivity index (χ4v) is 1.22. The van der Waals surface area contributed by atoms with Gasteiger partial charge < -0.3 is 0 Å². The molecular formula is C10F13N3. The summed E-state index contributed by atoms with van der Waals surface area (Å²) in [5.41, 5.74) is 0. The molecule has 0 aliphatic carbocycles. The highest BCUT2D eigenvalue weighted by Crippen LogP contribution is 2.42. The van der Waals surface area contributed by atoms with E-state index in [9.17, 15) is 57.1 Å². The minimum atomic E-state index is -5.92. The molecule has 1 aromatic heterocycles. The van der Waals surface area contributed by atoms with Crippen molar-refractivity contribution in [3.05, 3.63) is 41.3 Å². The van der Waals surface area contributed by atoms with E-state index in [0.717, 1.165) is 0 Å². The molecule has 1 heterocycles. The monoisotopic (exact) mass is 409 g/mol. The number of hydrogen-bond donors (Lipinski definition) is 0. The number of halogens is 13. The van der Waals surface area contributed by atoms with Gasteiger partial charge in [-0.1, -0.05) is 0 Å². The highest BCUT2D eigenvalue weighted by molar-refractivity contribution is 5.21. The number of aromatic nitrogens is 3. The third-order valence-corrected chi connectivity index (χ3v) is 2.33. The van der Waals surface area contributed by atoms with E-state index in [-0.39, 0.29) is 0 Å². The number of alkyl halides is 7. The molecule has 0 aromatic carbocycles. The molecule has 1 aromatic rings. The summed E-state index contributed by atoms with van der Waals surface area (Å²) in [5.74, 6) is -27.8. The van der Waals surface area contributed by atoms with Crippen LogP contribution >= 0.6 is 0 Å². The Kier molecular flexibility index (Phi) is 5.58. The van der Waals surface area contributed by atoms with Gasteiger partial charge in [-0.05, 0) is 0 Å². The van der Waals surface area contributed by atoms with E-state index < -0.39 is 59.3 Å². The molecule has 0 saturated heterocycles. The van der Waals surface area contributed by atoms with E-state index >= 15 is 0 Å². The van der Waals surface area contributed by atoms with E-state index in [2.05, 4.69) is 0 Å². The van der Waals surface area contributed by atoms with Crippen LogP contribution in [0.15, 0.2) is 23.8 Å². The van der Waals surface area contributed by atoms with Crippen LogP contribution in [0.4, 0.5) is 57.1 Å². The Morgan fingerprint density at radius 1 is 0.500 bits per heavy atom. The number of nitrogens with zero attached hydrogens (tertiary/aromatic N) is 3. The van der Waals surface area contributed by atoms with Crippen LogP contribution in [-0.4, -0.2) is 15.0 Å². The zero-order chi connectivity index (χ0) is 20.7. The fraction of sp³-hybridized carbons (Fsp3) is 0.300. The summed E-state index contributed by atoms with van der Waals surface area (Å²) in [5, 5.41) is 0. The van der Waals surface area contributed by atoms with E-state index in [0.29, 0.717) is 0 Å². The van der Waals surface area contributed by atoms with E-state index in [1.54, 1.807) is 0 Å². The first kappa shape index (κ1) is 21.6. The smallest absolute Gasteiger partial charge is 0.205 e. The highest BCUT2D eigenvalue weighted by atomic mass is 19.4. The van der Waals surface area contributed by atoms with Gasteiger partial charge in [0.1, 0.15) is 0 Å². The van der Waals surface area contributed by atoms with Gasteiger partial charge in [-0.3, -0.25) is 0 Å². The van der Waals surface area contributed by atoms with Crippen LogP contribution in [-0.2, 0) is 18.0 Å². The van der Waals surface area contributed by atoms with Crippen LogP contribution in [0.1, 0.15) is 17.5 Å². The molecule has 16 heteroatoms. The van der Waals surface area contributed by atoms with Crippen LogP contribution in [0.5, 0.6) is 0 Å². The van der Waals surface area contributed by atoms with Gasteiger partial charge in [0, 0.05) is 0 Å². The highest BCUT2D eigenvalue weighted by Gasteiger charge is 2.51. The van der Waals surface area contributed by atoms with Crippen LogP contribution in [0.2, 0.25) is 0 Å². The molecule has 0 fully saturated rings. The van der Waals surface area contributed by atoms with Crippen LogP contribution in [0.3, 0.4) is 0 Å². The van der Waals surface area contributed by atoms with Gasteiger partial charge >= 0.3 is 30.2 Å². The second-order valence-corrected chi connectivity index (χ2v) is 4.10. The molecule has 0 bridgehead atoms. The standard InChI is InChI=1S/C10F13N3/c11-1(3(13)14)8(17,18)5-24-6(9(19,20)2(12)4(15)16)26-7(25-5)10(21,22)23. The topological polar surface area (TPSA) is 38.7 Å². The van der Waals surface area contributed by atoms with Gasteiger partial charge in [0.25, 0.3) is 0 Å². The summed E-state index contributed by atoms with van der Waals surface area (Å²) < 4.78 is 164. The van der Waals surface area contributed by atoms with Crippen LogP contribution < -0.4 is 0 Å². The molecule has 0 unspecified atom stereocenters. The lowest BCUT2D eigenvalue weighted by atomic mass is 10.2. The zero-order valence-electron chi connectivity index (χ0n) is 11.3. The average molecular weight is 409 g/mol. The Morgan fingerprint density at radius 3 is 1.00 bits per heavy atom. The average Bonchev–Trinajstić information content (AvgIpc) is 2.51. The molecule has 0 spiro atoms. The Hall–Kier alpha value is -2.42. The SMILES string of the molecule is FC(F)=C(F)C(F)(F)c1nc(C(F)(F)F)nc(C(F)(F)C(F)=C(F)F)n1. The van der Waals surface area contributed by atoms with Gasteiger partial charge in [-0.25, -0.2) is 15.0 Å². The quantitative estimate of drug-likeness (QED) is 0.640. The number of hydrogen-bond acceptors (Lipinski definition) is 3. The number of allylic oxidation sites excluding steroid dienone is 2. The van der Waals surface area contributed by atoms with Crippen LogP contribution in [0.25, 0.3) is 0 Å². The minimum Gasteiger partial charge on any atom is -0.205 e. The van der Waals surface area contributed by atoms with E-state index in [1.807, 2.05) is 15.0 Å². The molecule has 26 heavy (non-hydrogen) atoms. The predicted octanol–water partition coefficient (Wildman–Crippen LogP) is 5.23. The molecule has 0 amide bonds. The van der Waals surface area contributed by atoms with Gasteiger partial charge in [0.15, 0.2) is 0 Å². The van der Waals surface area contributed by atoms with E-state index in [1.165, 1.54) is 0 Å². The minimum absolute atomic E-state index is 1.83. The first-order valence-corrected chi connectivity index (χ1v) is 5.55. The van der Waals surface area contributed by atoms with Crippen molar-refractivity contribution in [3.8, 4) is 0 Å². The molecule has 3 nitrogen and oxygen atoms in total. The molecule has 0 radical (unpaired) electrons. The summed E-state index contributed by atoms with van der Waals surface area (Å²) in [6, 6.07) is 0. The predicted molar refractivity (Wildman–Crippen MR) is 53.3 cm³/mol. The molecule has 0 aliphatic rings. The largest absolute Gasteiger partial charge is 0.451 e. The third kappa shape index (κ3) is 4.04. The Labute approximate surface area is 132 Å². The Bertz CT molecular complexity index is 702. The lowest BCUT2D eigenvalue weighted by molar-refractivity contribution is -0.146. The first-order chi connectivity index (χ1) is 11.5. The number of rotatable bonds is 4. The molecule has 0 atom stereocenters. The van der Waals surface area contributed by atoms with Gasteiger partial charge in [-0.2, -0.15) is 57.1 Å². The maximum Gasteiger partial charge on any atom is 0.451 e. The molecule has 1 rings (SSSR count). The van der Waals surface area contributed by atoms with E-state index in [4.69, 9.17) is 0 Å². The van der Waals surface area contributed by atoms with Crippen molar-refractivity contribution in [1.29, 1.82) is 0 Å². The molecule has 0 N–H and O–H groups in total. The summed E-state index contributed by atoms with van der Waals surface area (Å²) >= 11 is 0. The van der Waals surface area contributed by atoms with Gasteiger partial charge in [0.05, 0.1) is 0 Å². The second-order valence-electron chi connectivity index (χ2n) is 4.10. The fourth-order valence-electron chi connectivity index (χ4n) is 1.22. The van der Waals surface area contributed by atoms with Crippen LogP contribution in [0, 0.1) is 0 Å². The van der Waals surface area contributed by atoms with Crippen molar-refractivity contribution in [2.45, 2.75) is 18.0 Å². The lowest BCUT2D eigenvalue weighted by Crippen LogP contribution is -2.29. The van der Waals surface area contributed by atoms with Crippen molar-refractivity contribution in [1.82, 2.24) is 15.0 Å². The summed E-state index contributed by atoms with van der Waals surface area (Å²) in [6.45, 7) is 0. The Morgan fingerprint density at radius 2 is 0.769 bits per heavy atom. The van der Waals surface area contributed by atoms with Crippen molar-refractivity contribution < 1.29 is 57.1 Å². The normalized spacial score (nSPS) is 12.8. The Balaban J connectivity index is 3.83. The maximum absolute atomic E-state index is 13.4. The molecule has 0 aliphatic heterocycles. The maximum atomic E-state index is 13.4. The zero-order valence-corrected chi connectivity index (χ0v) is 11.3. The van der Waals surface area contributed by atoms with Gasteiger partial charge in [-0.15, -0.1) is 0 Å². The van der Waals surface area contributed by atoms with Crippen molar-refractivity contribution in [3.63, 3.8) is 0 Å².